The van der Waals surface area contributed by atoms with E-state index in [0.29, 0.717) is 35.0 Å². The molecule has 28 heavy (non-hydrogen) atoms. The van der Waals surface area contributed by atoms with Gasteiger partial charge in [0, 0.05) is 12.1 Å². The fourth-order valence-electron chi connectivity index (χ4n) is 2.72. The maximum Gasteiger partial charge on any atom is 0.349 e. The molecular formula is C20H26N2O5S. The highest BCUT2D eigenvalue weighted by Crippen LogP contribution is 2.22. The smallest absolute Gasteiger partial charge is 0.349 e. The van der Waals surface area contributed by atoms with Crippen molar-refractivity contribution >= 4 is 27.3 Å². The molecule has 7 nitrogen and oxygen atoms in total. The van der Waals surface area contributed by atoms with Gasteiger partial charge in [0.15, 0.2) is 0 Å². The van der Waals surface area contributed by atoms with E-state index in [0.717, 1.165) is 18.2 Å². The van der Waals surface area contributed by atoms with Crippen molar-refractivity contribution in [2.24, 2.45) is 5.92 Å². The van der Waals surface area contributed by atoms with Gasteiger partial charge in [0.05, 0.1) is 11.9 Å². The zero-order valence-electron chi connectivity index (χ0n) is 16.8. The minimum Gasteiger partial charge on any atom is -0.427 e. The van der Waals surface area contributed by atoms with Crippen molar-refractivity contribution < 1.29 is 17.6 Å². The summed E-state index contributed by atoms with van der Waals surface area (Å²) in [5.41, 5.74) is 1.24. The lowest BCUT2D eigenvalue weighted by Gasteiger charge is -2.12. The van der Waals surface area contributed by atoms with Gasteiger partial charge in [-0.25, -0.2) is 13.2 Å². The van der Waals surface area contributed by atoms with Gasteiger partial charge in [-0.05, 0) is 55.5 Å². The molecule has 0 aliphatic carbocycles. The highest BCUT2D eigenvalue weighted by Gasteiger charge is 2.18. The first-order valence-electron chi connectivity index (χ1n) is 8.99. The summed E-state index contributed by atoms with van der Waals surface area (Å²) in [6.45, 7) is 7.63. The molecule has 0 atom stereocenters. The van der Waals surface area contributed by atoms with E-state index < -0.39 is 21.6 Å². The van der Waals surface area contributed by atoms with Crippen molar-refractivity contribution in [3.63, 3.8) is 0 Å². The Labute approximate surface area is 165 Å². The number of nitrogens with one attached hydrogen (secondary N) is 2. The predicted molar refractivity (Wildman–Crippen MR) is 110 cm³/mol. The van der Waals surface area contributed by atoms with Crippen molar-refractivity contribution in [2.45, 2.75) is 40.5 Å². The molecule has 0 radical (unpaired) electrons. The van der Waals surface area contributed by atoms with Gasteiger partial charge in [-0.3, -0.25) is 9.52 Å². The monoisotopic (exact) mass is 406 g/mol. The average molecular weight is 407 g/mol. The summed E-state index contributed by atoms with van der Waals surface area (Å²) >= 11 is 0. The zero-order chi connectivity index (χ0) is 21.1. The summed E-state index contributed by atoms with van der Waals surface area (Å²) in [5, 5.41) is 2.67. The molecule has 0 unspecified atom stereocenters. The second-order valence-electron chi connectivity index (χ2n) is 7.35. The molecule has 8 heteroatoms. The Bertz CT molecular complexity index is 1040. The Morgan fingerprint density at radius 2 is 1.82 bits per heavy atom. The van der Waals surface area contributed by atoms with Crippen molar-refractivity contribution in [1.29, 1.82) is 0 Å². The molecule has 1 amide bonds. The minimum absolute atomic E-state index is 0.0610. The molecule has 2 rings (SSSR count). The Hall–Kier alpha value is -2.61. The van der Waals surface area contributed by atoms with Crippen LogP contribution in [0, 0.1) is 19.8 Å². The van der Waals surface area contributed by atoms with E-state index in [1.165, 1.54) is 6.07 Å². The average Bonchev–Trinajstić information content (AvgIpc) is 2.54. The molecule has 0 bridgehead atoms. The minimum atomic E-state index is -3.45. The number of hydrogen-bond acceptors (Lipinski definition) is 5. The topological polar surface area (TPSA) is 105 Å². The summed E-state index contributed by atoms with van der Waals surface area (Å²) in [5.74, 6) is 0.439. The van der Waals surface area contributed by atoms with Crippen LogP contribution in [-0.2, 0) is 16.4 Å². The molecule has 1 aromatic heterocycles. The highest BCUT2D eigenvalue weighted by molar-refractivity contribution is 7.92. The van der Waals surface area contributed by atoms with Gasteiger partial charge in [-0.1, -0.05) is 19.9 Å². The fourth-order valence-corrected chi connectivity index (χ4v) is 3.27. The van der Waals surface area contributed by atoms with Crippen LogP contribution in [0.15, 0.2) is 33.5 Å². The van der Waals surface area contributed by atoms with E-state index >= 15 is 0 Å². The third-order valence-corrected chi connectivity index (χ3v) is 4.79. The molecule has 1 aromatic carbocycles. The van der Waals surface area contributed by atoms with Crippen LogP contribution in [0.2, 0.25) is 0 Å². The predicted octanol–water partition coefficient (Wildman–Crippen LogP) is 3.47. The third-order valence-electron chi connectivity index (χ3n) is 4.18. The SMILES string of the molecule is Cc1ccc(NS(C)(=O)=O)cc1NC(=O)c1c(C)cc(CCC(C)C)oc1=O. The van der Waals surface area contributed by atoms with Gasteiger partial charge in [0.2, 0.25) is 10.0 Å². The van der Waals surface area contributed by atoms with E-state index in [4.69, 9.17) is 4.42 Å². The summed E-state index contributed by atoms with van der Waals surface area (Å²) in [6, 6.07) is 6.48. The zero-order valence-corrected chi connectivity index (χ0v) is 17.6. The first kappa shape index (κ1) is 21.7. The summed E-state index contributed by atoms with van der Waals surface area (Å²) in [4.78, 5) is 25.0. The molecular weight excluding hydrogens is 380 g/mol. The van der Waals surface area contributed by atoms with E-state index in [9.17, 15) is 18.0 Å². The number of hydrogen-bond donors (Lipinski definition) is 2. The van der Waals surface area contributed by atoms with Gasteiger partial charge in [-0.2, -0.15) is 0 Å². The van der Waals surface area contributed by atoms with Gasteiger partial charge in [-0.15, -0.1) is 0 Å². The van der Waals surface area contributed by atoms with Crippen LogP contribution >= 0.6 is 0 Å². The van der Waals surface area contributed by atoms with Gasteiger partial charge >= 0.3 is 5.63 Å². The number of benzene rings is 1. The van der Waals surface area contributed by atoms with Crippen LogP contribution in [0.1, 0.15) is 47.5 Å². The first-order valence-corrected chi connectivity index (χ1v) is 10.9. The third kappa shape index (κ3) is 5.95. The largest absolute Gasteiger partial charge is 0.427 e. The van der Waals surface area contributed by atoms with Crippen molar-refractivity contribution in [3.8, 4) is 0 Å². The molecule has 0 saturated carbocycles. The molecule has 152 valence electrons. The highest BCUT2D eigenvalue weighted by atomic mass is 32.2. The summed E-state index contributed by atoms with van der Waals surface area (Å²) in [6.07, 6.45) is 2.56. The van der Waals surface area contributed by atoms with E-state index in [1.54, 1.807) is 32.0 Å². The molecule has 0 spiro atoms. The standard InChI is InChI=1S/C20H26N2O5S/c1-12(2)6-9-16-10-14(4)18(20(24)27-16)19(23)21-17-11-15(8-7-13(17)3)22-28(5,25)26/h7-8,10-12,22H,6,9H2,1-5H3,(H,21,23). The van der Waals surface area contributed by atoms with Crippen molar-refractivity contribution in [2.75, 3.05) is 16.3 Å². The van der Waals surface area contributed by atoms with Crippen LogP contribution in [0.3, 0.4) is 0 Å². The van der Waals surface area contributed by atoms with E-state index in [1.807, 2.05) is 0 Å². The molecule has 0 fully saturated rings. The maximum absolute atomic E-state index is 12.7. The number of aryl methyl sites for hydroxylation is 3. The van der Waals surface area contributed by atoms with Crippen LogP contribution < -0.4 is 15.7 Å². The van der Waals surface area contributed by atoms with Gasteiger partial charge in [0.1, 0.15) is 11.3 Å². The van der Waals surface area contributed by atoms with Crippen LogP contribution in [0.5, 0.6) is 0 Å². The fraction of sp³-hybridized carbons (Fsp3) is 0.400. The van der Waals surface area contributed by atoms with Gasteiger partial charge in [0.25, 0.3) is 5.91 Å². The number of rotatable bonds is 7. The Morgan fingerprint density at radius 1 is 1.14 bits per heavy atom. The molecule has 0 aliphatic heterocycles. The second kappa shape index (κ2) is 8.60. The number of carbonyl (C=O) groups excluding carboxylic acids is 1. The molecule has 0 saturated heterocycles. The van der Waals surface area contributed by atoms with E-state index in [2.05, 4.69) is 23.9 Å². The maximum atomic E-state index is 12.7. The van der Waals surface area contributed by atoms with Crippen molar-refractivity contribution in [1.82, 2.24) is 0 Å². The quantitative estimate of drug-likeness (QED) is 0.732. The number of sulfonamides is 1. The summed E-state index contributed by atoms with van der Waals surface area (Å²) < 4.78 is 30.5. The van der Waals surface area contributed by atoms with Crippen LogP contribution in [0.4, 0.5) is 11.4 Å². The number of carbonyl (C=O) groups is 1. The lowest BCUT2D eigenvalue weighted by Crippen LogP contribution is -2.23. The molecule has 2 N–H and O–H groups in total. The number of anilines is 2. The lowest BCUT2D eigenvalue weighted by atomic mass is 10.0. The molecule has 0 aliphatic rings. The molecule has 2 aromatic rings. The van der Waals surface area contributed by atoms with Crippen LogP contribution in [0.25, 0.3) is 0 Å². The first-order chi connectivity index (χ1) is 13.0. The van der Waals surface area contributed by atoms with Crippen LogP contribution in [-0.4, -0.2) is 20.6 Å². The van der Waals surface area contributed by atoms with Gasteiger partial charge < -0.3 is 9.73 Å². The van der Waals surface area contributed by atoms with E-state index in [-0.39, 0.29) is 5.56 Å². The lowest BCUT2D eigenvalue weighted by molar-refractivity contribution is 0.102. The number of amides is 1. The Morgan fingerprint density at radius 3 is 2.39 bits per heavy atom. The Kier molecular flexibility index (Phi) is 6.66. The molecule has 1 heterocycles. The van der Waals surface area contributed by atoms with Crippen molar-refractivity contribution in [3.05, 3.63) is 57.1 Å². The second-order valence-corrected chi connectivity index (χ2v) is 9.10. The summed E-state index contributed by atoms with van der Waals surface area (Å²) in [7, 11) is -3.45. The Balaban J connectivity index is 2.28. The normalized spacial score (nSPS) is 11.5.